The highest BCUT2D eigenvalue weighted by atomic mass is 16.4. The minimum Gasteiger partial charge on any atom is -0.475 e. The average Bonchev–Trinajstić information content (AvgIpc) is 3.22. The predicted octanol–water partition coefficient (Wildman–Crippen LogP) is 2.26. The van der Waals surface area contributed by atoms with E-state index >= 15 is 0 Å². The van der Waals surface area contributed by atoms with E-state index in [1.165, 1.54) is 12.1 Å². The first-order valence-corrected chi connectivity index (χ1v) is 8.33. The number of carbonyl (C=O) groups excluding carboxylic acids is 2. The zero-order valence-corrected chi connectivity index (χ0v) is 14.6. The summed E-state index contributed by atoms with van der Waals surface area (Å²) < 4.78 is 5.11. The van der Waals surface area contributed by atoms with Crippen LogP contribution in [0.5, 0.6) is 0 Å². The number of amides is 2. The van der Waals surface area contributed by atoms with Crippen LogP contribution in [0.15, 0.2) is 34.7 Å². The Morgan fingerprint density at radius 3 is 2.73 bits per heavy atom. The second-order valence-electron chi connectivity index (χ2n) is 6.41. The van der Waals surface area contributed by atoms with Crippen molar-refractivity contribution in [3.63, 3.8) is 0 Å². The molecule has 2 amide bonds. The van der Waals surface area contributed by atoms with Crippen molar-refractivity contribution in [2.45, 2.75) is 26.8 Å². The van der Waals surface area contributed by atoms with Crippen LogP contribution >= 0.6 is 0 Å². The maximum absolute atomic E-state index is 12.4. The summed E-state index contributed by atoms with van der Waals surface area (Å²) in [5.74, 6) is -1.76. The van der Waals surface area contributed by atoms with Crippen LogP contribution in [0.1, 0.15) is 33.9 Å². The Morgan fingerprint density at radius 1 is 1.27 bits per heavy atom. The lowest BCUT2D eigenvalue weighted by atomic mass is 10.1. The Labute approximate surface area is 150 Å². The molecule has 1 aliphatic rings. The van der Waals surface area contributed by atoms with Crippen molar-refractivity contribution in [1.82, 2.24) is 5.32 Å². The largest absolute Gasteiger partial charge is 0.475 e. The van der Waals surface area contributed by atoms with Gasteiger partial charge in [-0.15, -0.1) is 0 Å². The summed E-state index contributed by atoms with van der Waals surface area (Å²) in [6.45, 7) is 4.36. The van der Waals surface area contributed by atoms with Gasteiger partial charge in [-0.05, 0) is 43.2 Å². The third-order valence-electron chi connectivity index (χ3n) is 4.67. The highest BCUT2D eigenvalue weighted by Crippen LogP contribution is 2.29. The van der Waals surface area contributed by atoms with Crippen LogP contribution in [0.25, 0.3) is 0 Å². The molecule has 26 heavy (non-hydrogen) atoms. The molecule has 0 bridgehead atoms. The zero-order chi connectivity index (χ0) is 18.8. The van der Waals surface area contributed by atoms with Gasteiger partial charge in [-0.25, -0.2) is 4.79 Å². The SMILES string of the molecule is Cc1cccc(N2CC(C(=O)NCc3ccc(C(=O)O)o3)CC2=O)c1C. The summed E-state index contributed by atoms with van der Waals surface area (Å²) in [6.07, 6.45) is 0.151. The molecule has 7 heteroatoms. The zero-order valence-electron chi connectivity index (χ0n) is 14.6. The van der Waals surface area contributed by atoms with E-state index in [0.29, 0.717) is 12.3 Å². The lowest BCUT2D eigenvalue weighted by Gasteiger charge is -2.20. The van der Waals surface area contributed by atoms with E-state index in [0.717, 1.165) is 16.8 Å². The van der Waals surface area contributed by atoms with Crippen molar-refractivity contribution in [2.24, 2.45) is 5.92 Å². The van der Waals surface area contributed by atoms with Crippen molar-refractivity contribution in [3.05, 3.63) is 53.0 Å². The number of aromatic carboxylic acids is 1. The third-order valence-corrected chi connectivity index (χ3v) is 4.67. The molecule has 1 fully saturated rings. The van der Waals surface area contributed by atoms with Gasteiger partial charge in [-0.1, -0.05) is 12.1 Å². The maximum Gasteiger partial charge on any atom is 0.371 e. The van der Waals surface area contributed by atoms with Crippen molar-refractivity contribution in [2.75, 3.05) is 11.4 Å². The summed E-state index contributed by atoms with van der Waals surface area (Å²) in [5.41, 5.74) is 2.95. The number of furan rings is 1. The molecule has 0 radical (unpaired) electrons. The van der Waals surface area contributed by atoms with Gasteiger partial charge in [0.1, 0.15) is 5.76 Å². The molecule has 136 valence electrons. The number of hydrogen-bond donors (Lipinski definition) is 2. The van der Waals surface area contributed by atoms with Gasteiger partial charge in [0.2, 0.25) is 17.6 Å². The fraction of sp³-hybridized carbons (Fsp3) is 0.316. The number of nitrogens with zero attached hydrogens (tertiary/aromatic N) is 1. The Bertz CT molecular complexity index is 871. The minimum absolute atomic E-state index is 0.0787. The number of rotatable bonds is 5. The van der Waals surface area contributed by atoms with Crippen molar-refractivity contribution < 1.29 is 23.9 Å². The molecule has 1 saturated heterocycles. The summed E-state index contributed by atoms with van der Waals surface area (Å²) in [7, 11) is 0. The number of anilines is 1. The van der Waals surface area contributed by atoms with Gasteiger partial charge in [0.25, 0.3) is 0 Å². The summed E-state index contributed by atoms with van der Waals surface area (Å²) >= 11 is 0. The minimum atomic E-state index is -1.16. The molecular formula is C19H20N2O5. The van der Waals surface area contributed by atoms with Gasteiger partial charge in [0.15, 0.2) is 0 Å². The molecule has 2 heterocycles. The predicted molar refractivity (Wildman–Crippen MR) is 93.9 cm³/mol. The van der Waals surface area contributed by atoms with E-state index in [-0.39, 0.29) is 30.5 Å². The number of nitrogens with one attached hydrogen (secondary N) is 1. The smallest absolute Gasteiger partial charge is 0.371 e. The number of hydrogen-bond acceptors (Lipinski definition) is 4. The molecule has 0 aliphatic carbocycles. The number of carboxylic acids is 1. The number of carbonyl (C=O) groups is 3. The Hall–Kier alpha value is -3.09. The van der Waals surface area contributed by atoms with Gasteiger partial charge in [0.05, 0.1) is 12.5 Å². The van der Waals surface area contributed by atoms with E-state index in [4.69, 9.17) is 9.52 Å². The van der Waals surface area contributed by atoms with Crippen LogP contribution in [0.2, 0.25) is 0 Å². The summed E-state index contributed by atoms with van der Waals surface area (Å²) in [5, 5.41) is 11.5. The van der Waals surface area contributed by atoms with Crippen LogP contribution in [0, 0.1) is 19.8 Å². The number of benzene rings is 1. The molecule has 1 aromatic heterocycles. The fourth-order valence-corrected chi connectivity index (χ4v) is 3.05. The molecule has 2 aromatic rings. The summed E-state index contributed by atoms with van der Waals surface area (Å²) in [6, 6.07) is 8.61. The molecule has 2 N–H and O–H groups in total. The van der Waals surface area contributed by atoms with Crippen LogP contribution in [0.4, 0.5) is 5.69 Å². The molecule has 3 rings (SSSR count). The molecule has 1 unspecified atom stereocenters. The van der Waals surface area contributed by atoms with Gasteiger partial charge in [-0.2, -0.15) is 0 Å². The van der Waals surface area contributed by atoms with Gasteiger partial charge in [-0.3, -0.25) is 9.59 Å². The van der Waals surface area contributed by atoms with Gasteiger partial charge >= 0.3 is 5.97 Å². The molecule has 0 saturated carbocycles. The van der Waals surface area contributed by atoms with Gasteiger partial charge in [0, 0.05) is 18.7 Å². The number of carboxylic acid groups (broad SMARTS) is 1. The highest BCUT2D eigenvalue weighted by molar-refractivity contribution is 6.00. The standard InChI is InChI=1S/C19H20N2O5/c1-11-4-3-5-15(12(11)2)21-10-13(8-17(21)22)18(23)20-9-14-6-7-16(26-14)19(24)25/h3-7,13H,8-10H2,1-2H3,(H,20,23)(H,24,25). The lowest BCUT2D eigenvalue weighted by Crippen LogP contribution is -2.32. The van der Waals surface area contributed by atoms with E-state index in [2.05, 4.69) is 5.32 Å². The molecule has 1 aliphatic heterocycles. The van der Waals surface area contributed by atoms with E-state index in [1.54, 1.807) is 4.90 Å². The number of aryl methyl sites for hydroxylation is 1. The van der Waals surface area contributed by atoms with Crippen molar-refractivity contribution in [1.29, 1.82) is 0 Å². The van der Waals surface area contributed by atoms with E-state index in [9.17, 15) is 14.4 Å². The first-order chi connectivity index (χ1) is 12.4. The van der Waals surface area contributed by atoms with Crippen LogP contribution < -0.4 is 10.2 Å². The first kappa shape index (κ1) is 17.7. The Morgan fingerprint density at radius 2 is 2.04 bits per heavy atom. The average molecular weight is 356 g/mol. The monoisotopic (exact) mass is 356 g/mol. The molecule has 7 nitrogen and oxygen atoms in total. The highest BCUT2D eigenvalue weighted by Gasteiger charge is 2.35. The van der Waals surface area contributed by atoms with Crippen LogP contribution in [-0.2, 0) is 16.1 Å². The van der Waals surface area contributed by atoms with E-state index < -0.39 is 11.9 Å². The van der Waals surface area contributed by atoms with Crippen LogP contribution in [-0.4, -0.2) is 29.4 Å². The second kappa shape index (κ2) is 7.03. The fourth-order valence-electron chi connectivity index (χ4n) is 3.05. The second-order valence-corrected chi connectivity index (χ2v) is 6.41. The van der Waals surface area contributed by atoms with Crippen LogP contribution in [0.3, 0.4) is 0 Å². The van der Waals surface area contributed by atoms with Crippen molar-refractivity contribution >= 4 is 23.5 Å². The molecule has 1 atom stereocenters. The lowest BCUT2D eigenvalue weighted by molar-refractivity contribution is -0.126. The van der Waals surface area contributed by atoms with Gasteiger partial charge < -0.3 is 19.7 Å². The topological polar surface area (TPSA) is 99.8 Å². The first-order valence-electron chi connectivity index (χ1n) is 8.33. The molecule has 0 spiro atoms. The molecule has 1 aromatic carbocycles. The Balaban J connectivity index is 1.63. The normalized spacial score (nSPS) is 16.8. The third kappa shape index (κ3) is 3.46. The van der Waals surface area contributed by atoms with Crippen molar-refractivity contribution in [3.8, 4) is 0 Å². The molecular weight excluding hydrogens is 336 g/mol. The maximum atomic E-state index is 12.4. The Kier molecular flexibility index (Phi) is 4.79. The van der Waals surface area contributed by atoms with E-state index in [1.807, 2.05) is 32.0 Å². The quantitative estimate of drug-likeness (QED) is 0.856. The summed E-state index contributed by atoms with van der Waals surface area (Å²) in [4.78, 5) is 37.2.